The molecule has 0 aliphatic rings. The average molecular weight is 375 g/mol. The molecule has 2 aromatic carbocycles. The van der Waals surface area contributed by atoms with Crippen molar-refractivity contribution in [1.29, 1.82) is 0 Å². The predicted molar refractivity (Wildman–Crippen MR) is 106 cm³/mol. The molecule has 1 unspecified atom stereocenters. The number of amides is 1. The lowest BCUT2D eigenvalue weighted by molar-refractivity contribution is -0.116. The third-order valence-corrected chi connectivity index (χ3v) is 5.72. The number of anilines is 1. The molecule has 0 aliphatic heterocycles. The molecule has 0 bridgehead atoms. The van der Waals surface area contributed by atoms with Crippen LogP contribution in [0.4, 0.5) is 5.69 Å². The summed E-state index contributed by atoms with van der Waals surface area (Å²) in [6.07, 6.45) is 1.27. The maximum Gasteiger partial charge on any atom is 0.225 e. The number of sulfonamides is 1. The van der Waals surface area contributed by atoms with E-state index in [4.69, 9.17) is 0 Å². The Kier molecular flexibility index (Phi) is 6.56. The van der Waals surface area contributed by atoms with E-state index in [0.29, 0.717) is 0 Å². The first kappa shape index (κ1) is 20.1. The summed E-state index contributed by atoms with van der Waals surface area (Å²) in [5.41, 5.74) is 3.69. The van der Waals surface area contributed by atoms with Crippen molar-refractivity contribution in [3.05, 3.63) is 65.2 Å². The van der Waals surface area contributed by atoms with E-state index in [2.05, 4.69) is 5.32 Å². The first-order chi connectivity index (χ1) is 12.2. The van der Waals surface area contributed by atoms with Gasteiger partial charge in [0.15, 0.2) is 0 Å². The molecule has 0 fully saturated rings. The van der Waals surface area contributed by atoms with E-state index in [1.54, 1.807) is 0 Å². The monoisotopic (exact) mass is 374 g/mol. The summed E-state index contributed by atoms with van der Waals surface area (Å²) < 4.78 is 25.8. The first-order valence-corrected chi connectivity index (χ1v) is 10.4. The lowest BCUT2D eigenvalue weighted by Gasteiger charge is -2.27. The Labute approximate surface area is 156 Å². The molecule has 2 rings (SSSR count). The van der Waals surface area contributed by atoms with E-state index in [9.17, 15) is 13.2 Å². The molecule has 140 valence electrons. The number of hydrogen-bond donors (Lipinski definition) is 1. The summed E-state index contributed by atoms with van der Waals surface area (Å²) in [6.45, 7) is 5.85. The molecule has 5 nitrogen and oxygen atoms in total. The molecule has 0 spiro atoms. The van der Waals surface area contributed by atoms with Gasteiger partial charge in [-0.2, -0.15) is 4.31 Å². The molecule has 0 aliphatic carbocycles. The smallest absolute Gasteiger partial charge is 0.225 e. The largest absolute Gasteiger partial charge is 0.326 e. The Balaban J connectivity index is 2.08. The van der Waals surface area contributed by atoms with Crippen LogP contribution in [-0.4, -0.2) is 31.4 Å². The molecule has 0 heterocycles. The fourth-order valence-corrected chi connectivity index (χ4v) is 3.96. The van der Waals surface area contributed by atoms with Crippen LogP contribution in [0.1, 0.15) is 36.1 Å². The highest BCUT2D eigenvalue weighted by atomic mass is 32.2. The predicted octanol–water partition coefficient (Wildman–Crippen LogP) is 3.65. The number of benzene rings is 2. The fraction of sp³-hybridized carbons (Fsp3) is 0.350. The van der Waals surface area contributed by atoms with Crippen molar-refractivity contribution in [2.45, 2.75) is 33.2 Å². The minimum atomic E-state index is -3.44. The third-order valence-electron chi connectivity index (χ3n) is 4.37. The standard InChI is InChI=1S/C20H26N2O3S/c1-15-10-11-16(2)19(14-15)21-20(23)12-13-22(26(4,24)25)17(3)18-8-6-5-7-9-18/h5-11,14,17H,12-13H2,1-4H3,(H,21,23). The van der Waals surface area contributed by atoms with Gasteiger partial charge in [-0.15, -0.1) is 0 Å². The number of nitrogens with one attached hydrogen (secondary N) is 1. The van der Waals surface area contributed by atoms with Gasteiger partial charge < -0.3 is 5.32 Å². The van der Waals surface area contributed by atoms with Crippen molar-refractivity contribution in [2.75, 3.05) is 18.1 Å². The summed E-state index contributed by atoms with van der Waals surface area (Å²) in [5, 5.41) is 2.88. The normalized spacial score (nSPS) is 12.8. The van der Waals surface area contributed by atoms with Crippen LogP contribution >= 0.6 is 0 Å². The second-order valence-electron chi connectivity index (χ2n) is 6.58. The van der Waals surface area contributed by atoms with E-state index in [0.717, 1.165) is 22.4 Å². The van der Waals surface area contributed by atoms with Gasteiger partial charge in [0.25, 0.3) is 0 Å². The van der Waals surface area contributed by atoms with E-state index in [1.165, 1.54) is 10.6 Å². The molecule has 1 amide bonds. The Morgan fingerprint density at radius 3 is 2.38 bits per heavy atom. The zero-order valence-corrected chi connectivity index (χ0v) is 16.5. The second kappa shape index (κ2) is 8.47. The maximum atomic E-state index is 12.3. The van der Waals surface area contributed by atoms with Gasteiger partial charge in [0, 0.05) is 24.7 Å². The van der Waals surface area contributed by atoms with Gasteiger partial charge in [0.1, 0.15) is 0 Å². The first-order valence-electron chi connectivity index (χ1n) is 8.57. The molecule has 26 heavy (non-hydrogen) atoms. The van der Waals surface area contributed by atoms with Gasteiger partial charge in [-0.05, 0) is 43.5 Å². The third kappa shape index (κ3) is 5.41. The number of rotatable bonds is 7. The molecule has 0 saturated carbocycles. The van der Waals surface area contributed by atoms with Crippen LogP contribution in [0.25, 0.3) is 0 Å². The number of aryl methyl sites for hydroxylation is 2. The van der Waals surface area contributed by atoms with Crippen LogP contribution in [0, 0.1) is 13.8 Å². The SMILES string of the molecule is Cc1ccc(C)c(NC(=O)CCN(C(C)c2ccccc2)S(C)(=O)=O)c1. The van der Waals surface area contributed by atoms with Gasteiger partial charge >= 0.3 is 0 Å². The van der Waals surface area contributed by atoms with Gasteiger partial charge in [0.05, 0.1) is 6.26 Å². The van der Waals surface area contributed by atoms with Crippen LogP contribution in [0.2, 0.25) is 0 Å². The molecule has 2 aromatic rings. The molecule has 0 aromatic heterocycles. The molecule has 0 radical (unpaired) electrons. The van der Waals surface area contributed by atoms with E-state index in [-0.39, 0.29) is 24.9 Å². The minimum absolute atomic E-state index is 0.0949. The highest BCUT2D eigenvalue weighted by Gasteiger charge is 2.25. The van der Waals surface area contributed by atoms with Crippen molar-refractivity contribution >= 4 is 21.6 Å². The van der Waals surface area contributed by atoms with Crippen molar-refractivity contribution in [2.24, 2.45) is 0 Å². The number of carbonyl (C=O) groups excluding carboxylic acids is 1. The van der Waals surface area contributed by atoms with Crippen molar-refractivity contribution in [3.8, 4) is 0 Å². The Hall–Kier alpha value is -2.18. The molecule has 1 N–H and O–H groups in total. The van der Waals surface area contributed by atoms with Crippen LogP contribution in [0.15, 0.2) is 48.5 Å². The van der Waals surface area contributed by atoms with Gasteiger partial charge in [-0.1, -0.05) is 42.5 Å². The lowest BCUT2D eigenvalue weighted by atomic mass is 10.1. The van der Waals surface area contributed by atoms with E-state index < -0.39 is 10.0 Å². The zero-order valence-electron chi connectivity index (χ0n) is 15.7. The molecule has 0 saturated heterocycles. The second-order valence-corrected chi connectivity index (χ2v) is 8.51. The Morgan fingerprint density at radius 2 is 1.77 bits per heavy atom. The Bertz CT molecular complexity index is 864. The van der Waals surface area contributed by atoms with Gasteiger partial charge in [-0.3, -0.25) is 4.79 Å². The van der Waals surface area contributed by atoms with Crippen LogP contribution in [-0.2, 0) is 14.8 Å². The number of nitrogens with zero attached hydrogens (tertiary/aromatic N) is 1. The molecular formula is C20H26N2O3S. The Morgan fingerprint density at radius 1 is 1.12 bits per heavy atom. The average Bonchev–Trinajstić information content (AvgIpc) is 2.57. The van der Waals surface area contributed by atoms with Crippen molar-refractivity contribution in [3.63, 3.8) is 0 Å². The van der Waals surface area contributed by atoms with Gasteiger partial charge in [-0.25, -0.2) is 8.42 Å². The highest BCUT2D eigenvalue weighted by molar-refractivity contribution is 7.88. The van der Waals surface area contributed by atoms with E-state index >= 15 is 0 Å². The summed E-state index contributed by atoms with van der Waals surface area (Å²) in [5.74, 6) is -0.201. The van der Waals surface area contributed by atoms with Gasteiger partial charge in [0.2, 0.25) is 15.9 Å². The van der Waals surface area contributed by atoms with Crippen LogP contribution in [0.5, 0.6) is 0 Å². The summed E-state index contributed by atoms with van der Waals surface area (Å²) >= 11 is 0. The molecule has 6 heteroatoms. The topological polar surface area (TPSA) is 66.5 Å². The zero-order chi connectivity index (χ0) is 19.3. The number of hydrogen-bond acceptors (Lipinski definition) is 3. The minimum Gasteiger partial charge on any atom is -0.326 e. The maximum absolute atomic E-state index is 12.3. The summed E-state index contributed by atoms with van der Waals surface area (Å²) in [6, 6.07) is 14.9. The molecular weight excluding hydrogens is 348 g/mol. The quantitative estimate of drug-likeness (QED) is 0.804. The van der Waals surface area contributed by atoms with Crippen LogP contribution in [0.3, 0.4) is 0 Å². The summed E-state index contributed by atoms with van der Waals surface area (Å²) in [7, 11) is -3.44. The van der Waals surface area contributed by atoms with Crippen molar-refractivity contribution < 1.29 is 13.2 Å². The number of carbonyl (C=O) groups is 1. The summed E-state index contributed by atoms with van der Waals surface area (Å²) in [4.78, 5) is 12.3. The highest BCUT2D eigenvalue weighted by Crippen LogP contribution is 2.23. The lowest BCUT2D eigenvalue weighted by Crippen LogP contribution is -2.35. The molecule has 1 atom stereocenters. The van der Waals surface area contributed by atoms with Crippen LogP contribution < -0.4 is 5.32 Å². The van der Waals surface area contributed by atoms with Crippen molar-refractivity contribution in [1.82, 2.24) is 4.31 Å². The fourth-order valence-electron chi connectivity index (χ4n) is 2.84. The van der Waals surface area contributed by atoms with E-state index in [1.807, 2.05) is 69.3 Å².